The molecule has 12 heteroatoms. The molecule has 2 aromatic heterocycles. The third-order valence-electron chi connectivity index (χ3n) is 6.38. The van der Waals surface area contributed by atoms with E-state index >= 15 is 0 Å². The molecule has 1 aliphatic carbocycles. The highest BCUT2D eigenvalue weighted by molar-refractivity contribution is 6.03. The van der Waals surface area contributed by atoms with Crippen LogP contribution in [0.2, 0.25) is 0 Å². The van der Waals surface area contributed by atoms with Crippen LogP contribution in [-0.2, 0) is 31.0 Å². The van der Waals surface area contributed by atoms with E-state index in [1.54, 1.807) is 10.9 Å². The van der Waals surface area contributed by atoms with Crippen molar-refractivity contribution in [2.75, 3.05) is 45.0 Å². The molecule has 1 aliphatic rings. The molecule has 2 unspecified atom stereocenters. The summed E-state index contributed by atoms with van der Waals surface area (Å²) in [6.45, 7) is 12.9. The van der Waals surface area contributed by atoms with Crippen LogP contribution in [0.3, 0.4) is 0 Å². The lowest BCUT2D eigenvalue weighted by Crippen LogP contribution is -2.33. The van der Waals surface area contributed by atoms with Crippen molar-refractivity contribution in [1.29, 1.82) is 0 Å². The smallest absolute Gasteiger partial charge is 0.407 e. The second-order valence-corrected chi connectivity index (χ2v) is 11.3. The minimum absolute atomic E-state index is 0.0234. The molecule has 1 saturated carbocycles. The van der Waals surface area contributed by atoms with E-state index in [1.165, 1.54) is 6.20 Å². The summed E-state index contributed by atoms with van der Waals surface area (Å²) < 4.78 is 25.2. The topological polar surface area (TPSA) is 131 Å². The molecule has 41 heavy (non-hydrogen) atoms. The zero-order chi connectivity index (χ0) is 29.8. The molecular weight excluding hydrogens is 528 g/mol. The van der Waals surface area contributed by atoms with Crippen molar-refractivity contribution < 1.29 is 28.5 Å². The number of carbonyl (C=O) groups excluding carboxylic acids is 2. The first-order chi connectivity index (χ1) is 19.6. The Balaban J connectivity index is 1.50. The molecule has 2 aromatic rings. The standard InChI is InChI=1S/C29H44N6O6/c1-7-11-38-13-15-40-16-14-39-12-10-34-20-23(19-30-34)27(36)32-26-18-25(33-35(26)29(4,5)6)22-8-9-24(17-22)41-28(37)31-21(2)3/h1,18-22,24H,8-17H2,2-6H3,(H,31,37)(H,32,36). The van der Waals surface area contributed by atoms with E-state index in [0.29, 0.717) is 57.4 Å². The van der Waals surface area contributed by atoms with Gasteiger partial charge in [0.15, 0.2) is 0 Å². The summed E-state index contributed by atoms with van der Waals surface area (Å²) in [6.07, 6.45) is 10.1. The Morgan fingerprint density at radius 3 is 2.51 bits per heavy atom. The van der Waals surface area contributed by atoms with Gasteiger partial charge in [-0.05, 0) is 53.9 Å². The SMILES string of the molecule is C#CCOCCOCCOCCn1cc(C(=O)Nc2cc(C3CCC(OC(=O)NC(C)C)C3)nn2C(C)(C)C)cn1. The van der Waals surface area contributed by atoms with Gasteiger partial charge in [-0.15, -0.1) is 6.42 Å². The highest BCUT2D eigenvalue weighted by Gasteiger charge is 2.32. The van der Waals surface area contributed by atoms with E-state index in [9.17, 15) is 9.59 Å². The third kappa shape index (κ3) is 10.5. The van der Waals surface area contributed by atoms with E-state index in [1.807, 2.05) is 45.4 Å². The van der Waals surface area contributed by atoms with Crippen molar-refractivity contribution in [2.45, 2.75) is 84.0 Å². The summed E-state index contributed by atoms with van der Waals surface area (Å²) in [4.78, 5) is 25.1. The molecule has 2 heterocycles. The van der Waals surface area contributed by atoms with Gasteiger partial charge < -0.3 is 29.6 Å². The van der Waals surface area contributed by atoms with Crippen molar-refractivity contribution >= 4 is 17.8 Å². The van der Waals surface area contributed by atoms with E-state index in [0.717, 1.165) is 18.5 Å². The number of amides is 2. The lowest BCUT2D eigenvalue weighted by atomic mass is 10.0. The molecule has 226 valence electrons. The van der Waals surface area contributed by atoms with Crippen LogP contribution in [0.25, 0.3) is 0 Å². The average molecular weight is 573 g/mol. The fraction of sp³-hybridized carbons (Fsp3) is 0.655. The van der Waals surface area contributed by atoms with Crippen LogP contribution < -0.4 is 10.6 Å². The monoisotopic (exact) mass is 572 g/mol. The number of carbonyl (C=O) groups is 2. The maximum absolute atomic E-state index is 13.1. The third-order valence-corrected chi connectivity index (χ3v) is 6.38. The van der Waals surface area contributed by atoms with Crippen LogP contribution in [0.1, 0.15) is 75.9 Å². The van der Waals surface area contributed by atoms with Crippen LogP contribution in [0.4, 0.5) is 10.6 Å². The van der Waals surface area contributed by atoms with E-state index in [2.05, 4.69) is 21.7 Å². The van der Waals surface area contributed by atoms with Crippen LogP contribution >= 0.6 is 0 Å². The van der Waals surface area contributed by atoms with Gasteiger partial charge in [-0.1, -0.05) is 5.92 Å². The zero-order valence-electron chi connectivity index (χ0n) is 24.9. The fourth-order valence-electron chi connectivity index (χ4n) is 4.46. The molecule has 0 spiro atoms. The molecule has 0 bridgehead atoms. The van der Waals surface area contributed by atoms with Crippen molar-refractivity contribution in [2.24, 2.45) is 0 Å². The van der Waals surface area contributed by atoms with Crippen LogP contribution in [0, 0.1) is 12.3 Å². The Morgan fingerprint density at radius 1 is 1.12 bits per heavy atom. The lowest BCUT2D eigenvalue weighted by Gasteiger charge is -2.22. The zero-order valence-corrected chi connectivity index (χ0v) is 24.9. The molecular formula is C29H44N6O6. The van der Waals surface area contributed by atoms with Gasteiger partial charge in [-0.3, -0.25) is 9.48 Å². The second kappa shape index (κ2) is 15.6. The first kappa shape index (κ1) is 32.1. The summed E-state index contributed by atoms with van der Waals surface area (Å²) in [6, 6.07) is 1.95. The van der Waals surface area contributed by atoms with Crippen LogP contribution in [-0.4, -0.2) is 83.3 Å². The largest absolute Gasteiger partial charge is 0.446 e. The number of anilines is 1. The Kier molecular flexibility index (Phi) is 12.2. The number of alkyl carbamates (subject to hydrolysis) is 1. The van der Waals surface area contributed by atoms with Crippen molar-refractivity contribution in [3.63, 3.8) is 0 Å². The van der Waals surface area contributed by atoms with Crippen LogP contribution in [0.15, 0.2) is 18.5 Å². The van der Waals surface area contributed by atoms with Crippen molar-refractivity contribution in [3.05, 3.63) is 29.7 Å². The van der Waals surface area contributed by atoms with Gasteiger partial charge in [0.1, 0.15) is 18.5 Å². The quantitative estimate of drug-likeness (QED) is 0.245. The molecule has 1 fully saturated rings. The molecule has 2 N–H and O–H groups in total. The van der Waals surface area contributed by atoms with Crippen LogP contribution in [0.5, 0.6) is 0 Å². The van der Waals surface area contributed by atoms with Gasteiger partial charge in [0.2, 0.25) is 0 Å². The Morgan fingerprint density at radius 2 is 1.83 bits per heavy atom. The highest BCUT2D eigenvalue weighted by Crippen LogP contribution is 2.37. The maximum atomic E-state index is 13.1. The normalized spacial score (nSPS) is 17.0. The number of rotatable bonds is 15. The number of ether oxygens (including phenoxy) is 4. The second-order valence-electron chi connectivity index (χ2n) is 11.3. The van der Waals surface area contributed by atoms with Crippen molar-refractivity contribution in [3.8, 4) is 12.3 Å². The minimum atomic E-state index is -0.390. The van der Waals surface area contributed by atoms with Gasteiger partial charge in [0.05, 0.1) is 62.6 Å². The van der Waals surface area contributed by atoms with Crippen molar-refractivity contribution in [1.82, 2.24) is 24.9 Å². The predicted molar refractivity (Wildman–Crippen MR) is 154 cm³/mol. The van der Waals surface area contributed by atoms with E-state index in [4.69, 9.17) is 30.5 Å². The van der Waals surface area contributed by atoms with Gasteiger partial charge in [0, 0.05) is 24.2 Å². The molecule has 2 atom stereocenters. The summed E-state index contributed by atoms with van der Waals surface area (Å²) in [5, 5.41) is 14.9. The Labute approximate surface area is 242 Å². The highest BCUT2D eigenvalue weighted by atomic mass is 16.6. The van der Waals surface area contributed by atoms with Gasteiger partial charge in [-0.25, -0.2) is 9.48 Å². The predicted octanol–water partition coefficient (Wildman–Crippen LogP) is 3.54. The molecule has 0 radical (unpaired) electrons. The molecule has 12 nitrogen and oxygen atoms in total. The number of nitrogens with zero attached hydrogens (tertiary/aromatic N) is 4. The Hall–Kier alpha value is -3.40. The molecule has 3 rings (SSSR count). The van der Waals surface area contributed by atoms with E-state index in [-0.39, 0.29) is 36.1 Å². The van der Waals surface area contributed by atoms with Gasteiger partial charge >= 0.3 is 6.09 Å². The maximum Gasteiger partial charge on any atom is 0.407 e. The Bertz CT molecular complexity index is 1160. The number of aromatic nitrogens is 4. The first-order valence-electron chi connectivity index (χ1n) is 14.1. The fourth-order valence-corrected chi connectivity index (χ4v) is 4.46. The van der Waals surface area contributed by atoms with Gasteiger partial charge in [0.25, 0.3) is 5.91 Å². The summed E-state index contributed by atoms with van der Waals surface area (Å²) >= 11 is 0. The summed E-state index contributed by atoms with van der Waals surface area (Å²) in [5.74, 6) is 2.88. The number of terminal acetylenes is 1. The summed E-state index contributed by atoms with van der Waals surface area (Å²) in [7, 11) is 0. The molecule has 0 saturated heterocycles. The first-order valence-corrected chi connectivity index (χ1v) is 14.1. The number of nitrogens with one attached hydrogen (secondary N) is 2. The van der Waals surface area contributed by atoms with Gasteiger partial charge in [-0.2, -0.15) is 10.2 Å². The summed E-state index contributed by atoms with van der Waals surface area (Å²) in [5.41, 5.74) is 0.962. The number of hydrogen-bond donors (Lipinski definition) is 2. The minimum Gasteiger partial charge on any atom is -0.446 e. The molecule has 2 amide bonds. The average Bonchev–Trinajstić information content (AvgIpc) is 3.64. The molecule has 0 aliphatic heterocycles. The molecule has 0 aromatic carbocycles. The lowest BCUT2D eigenvalue weighted by molar-refractivity contribution is 0.0182. The van der Waals surface area contributed by atoms with E-state index < -0.39 is 6.09 Å². The number of hydrogen-bond acceptors (Lipinski definition) is 8.